The lowest BCUT2D eigenvalue weighted by Crippen LogP contribution is -2.44. The van der Waals surface area contributed by atoms with Crippen molar-refractivity contribution in [2.24, 2.45) is 5.92 Å². The second-order valence-electron chi connectivity index (χ2n) is 8.77. The Kier molecular flexibility index (Phi) is 6.16. The van der Waals surface area contributed by atoms with Crippen LogP contribution in [0.1, 0.15) is 31.4 Å². The lowest BCUT2D eigenvalue weighted by molar-refractivity contribution is -0.125. The van der Waals surface area contributed by atoms with E-state index in [1.807, 2.05) is 72.2 Å². The molecule has 1 saturated heterocycles. The van der Waals surface area contributed by atoms with Gasteiger partial charge in [-0.3, -0.25) is 4.79 Å². The molecule has 174 valence electrons. The molecule has 0 radical (unpaired) electrons. The maximum Gasteiger partial charge on any atom is 0.225 e. The third kappa shape index (κ3) is 4.46. The molecule has 0 spiro atoms. The zero-order valence-electron chi connectivity index (χ0n) is 19.5. The van der Waals surface area contributed by atoms with Crippen LogP contribution in [-0.4, -0.2) is 40.7 Å². The van der Waals surface area contributed by atoms with Crippen molar-refractivity contribution < 1.29 is 9.53 Å². The average molecular weight is 456 g/mol. The number of aromatic nitrogens is 3. The Morgan fingerprint density at radius 1 is 1.15 bits per heavy atom. The first-order valence-corrected chi connectivity index (χ1v) is 11.7. The van der Waals surface area contributed by atoms with Gasteiger partial charge in [-0.25, -0.2) is 9.50 Å². The van der Waals surface area contributed by atoms with Crippen LogP contribution in [0.4, 0.5) is 5.82 Å². The van der Waals surface area contributed by atoms with Crippen molar-refractivity contribution in [1.29, 1.82) is 0 Å². The summed E-state index contributed by atoms with van der Waals surface area (Å²) >= 11 is 0. The summed E-state index contributed by atoms with van der Waals surface area (Å²) in [6, 6.07) is 20.0. The van der Waals surface area contributed by atoms with E-state index >= 15 is 0 Å². The van der Waals surface area contributed by atoms with E-state index in [0.717, 1.165) is 53.3 Å². The highest BCUT2D eigenvalue weighted by molar-refractivity contribution is 5.81. The number of nitrogens with one attached hydrogen (secondary N) is 1. The Morgan fingerprint density at radius 3 is 2.82 bits per heavy atom. The Bertz CT molecular complexity index is 1290. The van der Waals surface area contributed by atoms with Gasteiger partial charge in [0.05, 0.1) is 24.8 Å². The van der Waals surface area contributed by atoms with Gasteiger partial charge >= 0.3 is 0 Å². The fourth-order valence-corrected chi connectivity index (χ4v) is 4.62. The summed E-state index contributed by atoms with van der Waals surface area (Å²) in [6.45, 7) is 3.53. The fraction of sp³-hybridized carbons (Fsp3) is 0.296. The van der Waals surface area contributed by atoms with E-state index in [1.54, 1.807) is 13.3 Å². The molecule has 1 N–H and O–H groups in total. The van der Waals surface area contributed by atoms with E-state index in [-0.39, 0.29) is 17.9 Å². The van der Waals surface area contributed by atoms with Gasteiger partial charge in [-0.05, 0) is 43.5 Å². The SMILES string of the molecule is COc1cccc(-c2cc3c(N4CCC[C@H](C(=O)N[C@@H](C)c5ccccc5)C4)nccn3n2)c1. The van der Waals surface area contributed by atoms with Crippen LogP contribution >= 0.6 is 0 Å². The molecule has 5 rings (SSSR count). The first kappa shape index (κ1) is 21.9. The number of ether oxygens (including phenoxy) is 1. The Hall–Kier alpha value is -3.87. The van der Waals surface area contributed by atoms with Crippen LogP contribution in [-0.2, 0) is 4.79 Å². The molecule has 2 atom stereocenters. The van der Waals surface area contributed by atoms with Crippen molar-refractivity contribution >= 4 is 17.2 Å². The normalized spacial score (nSPS) is 16.9. The molecule has 1 aliphatic rings. The number of fused-ring (bicyclic) bond motifs is 1. The van der Waals surface area contributed by atoms with Crippen molar-refractivity contribution in [2.45, 2.75) is 25.8 Å². The number of anilines is 1. The van der Waals surface area contributed by atoms with Gasteiger partial charge in [-0.15, -0.1) is 0 Å². The summed E-state index contributed by atoms with van der Waals surface area (Å²) in [5.74, 6) is 1.67. The van der Waals surface area contributed by atoms with Crippen LogP contribution in [0.25, 0.3) is 16.8 Å². The van der Waals surface area contributed by atoms with Crippen molar-refractivity contribution in [1.82, 2.24) is 19.9 Å². The lowest BCUT2D eigenvalue weighted by Gasteiger charge is -2.33. The molecule has 1 aliphatic heterocycles. The zero-order chi connectivity index (χ0) is 23.5. The molecule has 2 aromatic carbocycles. The molecule has 7 heteroatoms. The molecular weight excluding hydrogens is 426 g/mol. The van der Waals surface area contributed by atoms with Crippen LogP contribution in [0, 0.1) is 5.92 Å². The summed E-state index contributed by atoms with van der Waals surface area (Å²) in [7, 11) is 1.66. The number of amides is 1. The highest BCUT2D eigenvalue weighted by Gasteiger charge is 2.28. The van der Waals surface area contributed by atoms with E-state index < -0.39 is 0 Å². The molecule has 0 bridgehead atoms. The zero-order valence-corrected chi connectivity index (χ0v) is 19.5. The largest absolute Gasteiger partial charge is 0.497 e. The maximum atomic E-state index is 13.1. The van der Waals surface area contributed by atoms with Crippen molar-refractivity contribution in [3.8, 4) is 17.0 Å². The number of rotatable bonds is 6. The molecule has 0 aliphatic carbocycles. The summed E-state index contributed by atoms with van der Waals surface area (Å²) in [6.07, 6.45) is 5.45. The van der Waals surface area contributed by atoms with Gasteiger partial charge in [0.15, 0.2) is 5.82 Å². The molecule has 0 saturated carbocycles. The van der Waals surface area contributed by atoms with Gasteiger partial charge in [0.2, 0.25) is 5.91 Å². The molecule has 0 unspecified atom stereocenters. The van der Waals surface area contributed by atoms with Crippen molar-refractivity contribution in [2.75, 3.05) is 25.1 Å². The van der Waals surface area contributed by atoms with E-state index in [0.29, 0.717) is 6.54 Å². The van der Waals surface area contributed by atoms with E-state index in [2.05, 4.69) is 21.3 Å². The second kappa shape index (κ2) is 9.55. The van der Waals surface area contributed by atoms with Crippen molar-refractivity contribution in [3.63, 3.8) is 0 Å². The third-order valence-electron chi connectivity index (χ3n) is 6.49. The summed E-state index contributed by atoms with van der Waals surface area (Å²) in [4.78, 5) is 20.0. The van der Waals surface area contributed by atoms with Gasteiger partial charge in [0.25, 0.3) is 0 Å². The smallest absolute Gasteiger partial charge is 0.225 e. The number of carbonyl (C=O) groups is 1. The number of hydrogen-bond donors (Lipinski definition) is 1. The minimum absolute atomic E-state index is 0.0223. The van der Waals surface area contributed by atoms with Gasteiger partial charge in [-0.1, -0.05) is 42.5 Å². The highest BCUT2D eigenvalue weighted by Crippen LogP contribution is 2.30. The van der Waals surface area contributed by atoms with Gasteiger partial charge in [-0.2, -0.15) is 5.10 Å². The molecule has 34 heavy (non-hydrogen) atoms. The number of hydrogen-bond acceptors (Lipinski definition) is 5. The number of piperidine rings is 1. The molecule has 3 heterocycles. The van der Waals surface area contributed by atoms with Crippen LogP contribution in [0.15, 0.2) is 73.1 Å². The molecule has 4 aromatic rings. The summed E-state index contributed by atoms with van der Waals surface area (Å²) < 4.78 is 7.23. The van der Waals surface area contributed by atoms with E-state index in [9.17, 15) is 4.79 Å². The van der Waals surface area contributed by atoms with Gasteiger partial charge in [0.1, 0.15) is 11.3 Å². The molecule has 1 fully saturated rings. The number of carbonyl (C=O) groups excluding carboxylic acids is 1. The molecule has 1 amide bonds. The first-order valence-electron chi connectivity index (χ1n) is 11.7. The first-order chi connectivity index (χ1) is 16.6. The molecule has 7 nitrogen and oxygen atoms in total. The highest BCUT2D eigenvalue weighted by atomic mass is 16.5. The Morgan fingerprint density at radius 2 is 2.00 bits per heavy atom. The monoisotopic (exact) mass is 455 g/mol. The van der Waals surface area contributed by atoms with Gasteiger partial charge in [0, 0.05) is 31.0 Å². The van der Waals surface area contributed by atoms with E-state index in [1.165, 1.54) is 0 Å². The van der Waals surface area contributed by atoms with E-state index in [4.69, 9.17) is 9.84 Å². The quantitative estimate of drug-likeness (QED) is 0.464. The fourth-order valence-electron chi connectivity index (χ4n) is 4.62. The minimum Gasteiger partial charge on any atom is -0.497 e. The van der Waals surface area contributed by atoms with Crippen molar-refractivity contribution in [3.05, 3.63) is 78.6 Å². The maximum absolute atomic E-state index is 13.1. The lowest BCUT2D eigenvalue weighted by atomic mass is 9.96. The summed E-state index contributed by atoms with van der Waals surface area (Å²) in [5, 5.41) is 7.95. The number of nitrogens with zero attached hydrogens (tertiary/aromatic N) is 4. The number of benzene rings is 2. The van der Waals surface area contributed by atoms with Crippen LogP contribution in [0.2, 0.25) is 0 Å². The standard InChI is InChI=1S/C27H29N5O2/c1-19(20-8-4-3-5-9-20)29-27(33)22-11-7-14-31(18-22)26-25-17-24(30-32(25)15-13-28-26)21-10-6-12-23(16-21)34-2/h3-6,8-10,12-13,15-17,19,22H,7,11,14,18H2,1-2H3,(H,29,33)/t19-,22-/m0/s1. The van der Waals surface area contributed by atoms with Gasteiger partial charge < -0.3 is 15.0 Å². The summed E-state index contributed by atoms with van der Waals surface area (Å²) in [5.41, 5.74) is 3.88. The predicted molar refractivity (Wildman–Crippen MR) is 133 cm³/mol. The average Bonchev–Trinajstić information content (AvgIpc) is 3.34. The number of methoxy groups -OCH3 is 1. The minimum atomic E-state index is -0.0808. The molecular formula is C27H29N5O2. The van der Waals surface area contributed by atoms with Crippen LogP contribution in [0.5, 0.6) is 5.75 Å². The van der Waals surface area contributed by atoms with Crippen LogP contribution in [0.3, 0.4) is 0 Å². The predicted octanol–water partition coefficient (Wildman–Crippen LogP) is 4.50. The second-order valence-corrected chi connectivity index (χ2v) is 8.77. The van der Waals surface area contributed by atoms with Crippen LogP contribution < -0.4 is 15.0 Å². The molecule has 2 aromatic heterocycles. The topological polar surface area (TPSA) is 71.8 Å². The third-order valence-corrected chi connectivity index (χ3v) is 6.49. The Balaban J connectivity index is 1.36. The Labute approximate surface area is 199 Å².